The summed E-state index contributed by atoms with van der Waals surface area (Å²) in [6, 6.07) is 3.52. The average molecular weight is 255 g/mol. The fraction of sp³-hybridized carbons (Fsp3) is 0.583. The molecule has 0 bridgehead atoms. The van der Waals surface area contributed by atoms with Gasteiger partial charge < -0.3 is 14.4 Å². The van der Waals surface area contributed by atoms with Gasteiger partial charge in [-0.15, -0.1) is 0 Å². The van der Waals surface area contributed by atoms with Gasteiger partial charge in [0.1, 0.15) is 5.76 Å². The van der Waals surface area contributed by atoms with Gasteiger partial charge in [0.25, 0.3) is 5.91 Å². The summed E-state index contributed by atoms with van der Waals surface area (Å²) in [7, 11) is 0. The summed E-state index contributed by atoms with van der Waals surface area (Å²) in [5.74, 6) is 1.88. The molecule has 1 aromatic heterocycles. The van der Waals surface area contributed by atoms with Crippen molar-refractivity contribution < 1.29 is 14.3 Å². The van der Waals surface area contributed by atoms with E-state index in [1.54, 1.807) is 22.7 Å². The van der Waals surface area contributed by atoms with Gasteiger partial charge in [-0.3, -0.25) is 4.79 Å². The zero-order valence-corrected chi connectivity index (χ0v) is 10.7. The van der Waals surface area contributed by atoms with Crippen LogP contribution in [0.3, 0.4) is 0 Å². The van der Waals surface area contributed by atoms with Crippen molar-refractivity contribution in [3.63, 3.8) is 0 Å². The Kier molecular flexibility index (Phi) is 4.12. The monoisotopic (exact) mass is 255 g/mol. The van der Waals surface area contributed by atoms with Crippen molar-refractivity contribution in [2.24, 2.45) is 0 Å². The van der Waals surface area contributed by atoms with Crippen molar-refractivity contribution in [2.45, 2.75) is 24.6 Å². The van der Waals surface area contributed by atoms with Gasteiger partial charge in [0, 0.05) is 6.54 Å². The first kappa shape index (κ1) is 12.5. The number of hydrogen-bond acceptors (Lipinski definition) is 4. The summed E-state index contributed by atoms with van der Waals surface area (Å²) in [6.07, 6.45) is 3.82. The second kappa shape index (κ2) is 5.60. The van der Waals surface area contributed by atoms with E-state index in [0.29, 0.717) is 12.3 Å². The van der Waals surface area contributed by atoms with Crippen LogP contribution in [-0.2, 0) is 5.75 Å². The number of aliphatic hydroxyl groups excluding tert-OH is 1. The molecule has 17 heavy (non-hydrogen) atoms. The Balaban J connectivity index is 2.07. The van der Waals surface area contributed by atoms with E-state index in [2.05, 4.69) is 0 Å². The number of rotatable bonds is 4. The molecular formula is C12H17NO3S. The third kappa shape index (κ3) is 2.66. The minimum absolute atomic E-state index is 0.0319. The highest BCUT2D eigenvalue weighted by atomic mass is 32.2. The van der Waals surface area contributed by atoms with Crippen LogP contribution < -0.4 is 0 Å². The van der Waals surface area contributed by atoms with Crippen LogP contribution in [0.2, 0.25) is 0 Å². The van der Waals surface area contributed by atoms with Gasteiger partial charge in [0.15, 0.2) is 5.76 Å². The van der Waals surface area contributed by atoms with E-state index in [9.17, 15) is 9.90 Å². The number of thioether (sulfide) groups is 1. The summed E-state index contributed by atoms with van der Waals surface area (Å²) in [5.41, 5.74) is 0. The second-order valence-electron chi connectivity index (χ2n) is 4.18. The van der Waals surface area contributed by atoms with E-state index in [1.807, 2.05) is 12.3 Å². The number of likely N-dealkylation sites (tertiary alicyclic amines) is 1. The average Bonchev–Trinajstić information content (AvgIpc) is 2.96. The van der Waals surface area contributed by atoms with Crippen molar-refractivity contribution in [3.05, 3.63) is 23.7 Å². The molecule has 0 aliphatic carbocycles. The largest absolute Gasteiger partial charge is 0.455 e. The van der Waals surface area contributed by atoms with Crippen LogP contribution in [0.4, 0.5) is 0 Å². The normalized spacial score (nSPS) is 19.9. The number of aliphatic hydroxyl groups is 1. The SMILES string of the molecule is CSCc1ccc(C(=O)N2CCCC2CO)o1. The van der Waals surface area contributed by atoms with Crippen LogP contribution in [0.25, 0.3) is 0 Å². The lowest BCUT2D eigenvalue weighted by atomic mass is 10.2. The van der Waals surface area contributed by atoms with Crippen molar-refractivity contribution in [3.8, 4) is 0 Å². The lowest BCUT2D eigenvalue weighted by Crippen LogP contribution is -2.37. The minimum Gasteiger partial charge on any atom is -0.455 e. The maximum atomic E-state index is 12.1. The molecule has 0 saturated carbocycles. The fourth-order valence-electron chi connectivity index (χ4n) is 2.15. The quantitative estimate of drug-likeness (QED) is 0.890. The Morgan fingerprint density at radius 3 is 3.18 bits per heavy atom. The van der Waals surface area contributed by atoms with E-state index in [1.165, 1.54) is 0 Å². The molecule has 0 aromatic carbocycles. The van der Waals surface area contributed by atoms with Crippen LogP contribution in [0.15, 0.2) is 16.5 Å². The zero-order chi connectivity index (χ0) is 12.3. The molecule has 94 valence electrons. The van der Waals surface area contributed by atoms with Crippen molar-refractivity contribution in [1.82, 2.24) is 4.90 Å². The van der Waals surface area contributed by atoms with E-state index in [4.69, 9.17) is 4.42 Å². The van der Waals surface area contributed by atoms with Gasteiger partial charge in [0.05, 0.1) is 18.4 Å². The molecule has 4 nitrogen and oxygen atoms in total. The van der Waals surface area contributed by atoms with Gasteiger partial charge in [-0.2, -0.15) is 11.8 Å². The number of carbonyl (C=O) groups is 1. The van der Waals surface area contributed by atoms with Crippen LogP contribution in [0.1, 0.15) is 29.2 Å². The van der Waals surface area contributed by atoms with Crippen molar-refractivity contribution in [1.29, 1.82) is 0 Å². The highest BCUT2D eigenvalue weighted by Crippen LogP contribution is 2.21. The molecule has 1 atom stereocenters. The van der Waals surface area contributed by atoms with Crippen molar-refractivity contribution in [2.75, 3.05) is 19.4 Å². The summed E-state index contributed by atoms with van der Waals surface area (Å²) < 4.78 is 5.50. The van der Waals surface area contributed by atoms with Crippen LogP contribution >= 0.6 is 11.8 Å². The highest BCUT2D eigenvalue weighted by molar-refractivity contribution is 7.97. The molecule has 1 unspecified atom stereocenters. The van der Waals surface area contributed by atoms with Gasteiger partial charge in [-0.05, 0) is 31.2 Å². The summed E-state index contributed by atoms with van der Waals surface area (Å²) in [5, 5.41) is 9.19. The Hall–Kier alpha value is -0.940. The molecule has 1 amide bonds. The highest BCUT2D eigenvalue weighted by Gasteiger charge is 2.30. The third-order valence-corrected chi connectivity index (χ3v) is 3.58. The molecule has 1 aromatic rings. The third-order valence-electron chi connectivity index (χ3n) is 3.01. The summed E-state index contributed by atoms with van der Waals surface area (Å²) in [4.78, 5) is 13.9. The molecular weight excluding hydrogens is 238 g/mol. The van der Waals surface area contributed by atoms with Crippen LogP contribution in [-0.4, -0.2) is 41.4 Å². The van der Waals surface area contributed by atoms with Gasteiger partial charge >= 0.3 is 0 Å². The van der Waals surface area contributed by atoms with E-state index >= 15 is 0 Å². The molecule has 2 rings (SSSR count). The van der Waals surface area contributed by atoms with Gasteiger partial charge in [-0.25, -0.2) is 0 Å². The second-order valence-corrected chi connectivity index (χ2v) is 5.04. The molecule has 1 aliphatic heterocycles. The molecule has 2 heterocycles. The Morgan fingerprint density at radius 1 is 1.65 bits per heavy atom. The lowest BCUT2D eigenvalue weighted by molar-refractivity contribution is 0.0644. The van der Waals surface area contributed by atoms with E-state index < -0.39 is 0 Å². The standard InChI is InChI=1S/C12H17NO3S/c1-17-8-10-4-5-11(16-10)12(15)13-6-2-3-9(13)7-14/h4-5,9,14H,2-3,6-8H2,1H3. The van der Waals surface area contributed by atoms with Crippen molar-refractivity contribution >= 4 is 17.7 Å². The van der Waals surface area contributed by atoms with E-state index in [0.717, 1.165) is 24.4 Å². The molecule has 1 fully saturated rings. The molecule has 1 saturated heterocycles. The first-order valence-electron chi connectivity index (χ1n) is 5.75. The zero-order valence-electron chi connectivity index (χ0n) is 9.89. The Bertz CT molecular complexity index is 391. The smallest absolute Gasteiger partial charge is 0.289 e. The summed E-state index contributed by atoms with van der Waals surface area (Å²) >= 11 is 1.66. The predicted molar refractivity (Wildman–Crippen MR) is 67.1 cm³/mol. The Labute approximate surface area is 105 Å². The number of furan rings is 1. The molecule has 1 N–H and O–H groups in total. The maximum absolute atomic E-state index is 12.1. The Morgan fingerprint density at radius 2 is 2.47 bits per heavy atom. The van der Waals surface area contributed by atoms with Crippen LogP contribution in [0.5, 0.6) is 0 Å². The first-order chi connectivity index (χ1) is 8.26. The van der Waals surface area contributed by atoms with Gasteiger partial charge in [-0.1, -0.05) is 0 Å². The lowest BCUT2D eigenvalue weighted by Gasteiger charge is -2.21. The number of nitrogens with zero attached hydrogens (tertiary/aromatic N) is 1. The minimum atomic E-state index is -0.103. The number of amides is 1. The fourth-order valence-corrected chi connectivity index (χ4v) is 2.59. The molecule has 0 spiro atoms. The van der Waals surface area contributed by atoms with E-state index in [-0.39, 0.29) is 18.6 Å². The number of hydrogen-bond donors (Lipinski definition) is 1. The maximum Gasteiger partial charge on any atom is 0.289 e. The first-order valence-corrected chi connectivity index (χ1v) is 7.15. The predicted octanol–water partition coefficient (Wildman–Crippen LogP) is 1.74. The van der Waals surface area contributed by atoms with Crippen LogP contribution in [0, 0.1) is 0 Å². The molecule has 0 radical (unpaired) electrons. The summed E-state index contributed by atoms with van der Waals surface area (Å²) in [6.45, 7) is 0.743. The topological polar surface area (TPSA) is 53.7 Å². The number of carbonyl (C=O) groups excluding carboxylic acids is 1. The molecule has 5 heteroatoms. The molecule has 1 aliphatic rings. The van der Waals surface area contributed by atoms with Gasteiger partial charge in [0.2, 0.25) is 0 Å².